The van der Waals surface area contributed by atoms with Crippen LogP contribution in [-0.2, 0) is 10.5 Å². The maximum absolute atomic E-state index is 12.7. The summed E-state index contributed by atoms with van der Waals surface area (Å²) in [7, 11) is -2.46. The second-order valence-electron chi connectivity index (χ2n) is 2.62. The molecule has 1 unspecified atom stereocenters. The van der Waals surface area contributed by atoms with E-state index in [1.165, 1.54) is 0 Å². The fourth-order valence-electron chi connectivity index (χ4n) is 0.849. The Bertz CT molecular complexity index is 223. The summed E-state index contributed by atoms with van der Waals surface area (Å²) in [5, 5.41) is 0. The van der Waals surface area contributed by atoms with Crippen LogP contribution in [0.5, 0.6) is 0 Å². The van der Waals surface area contributed by atoms with Crippen molar-refractivity contribution >= 4 is 22.9 Å². The van der Waals surface area contributed by atoms with Crippen LogP contribution in [0.3, 0.4) is 0 Å². The van der Waals surface area contributed by atoms with Crippen LogP contribution >= 0.6 is 12.4 Å². The summed E-state index contributed by atoms with van der Waals surface area (Å²) in [6.45, 7) is 1.81. The number of alkyl halides is 1. The van der Waals surface area contributed by atoms with Crippen molar-refractivity contribution in [2.24, 2.45) is 4.36 Å². The van der Waals surface area contributed by atoms with Crippen molar-refractivity contribution in [2.75, 3.05) is 6.54 Å². The van der Waals surface area contributed by atoms with E-state index in [0.29, 0.717) is 6.42 Å². The third-order valence-corrected chi connectivity index (χ3v) is 1.86. The number of rotatable bonds is 6. The van der Waals surface area contributed by atoms with Crippen LogP contribution in [-0.4, -0.2) is 21.1 Å². The minimum atomic E-state index is -2.46. The van der Waals surface area contributed by atoms with E-state index in [2.05, 4.69) is 4.36 Å². The normalized spacial score (nSPS) is 11.5. The van der Waals surface area contributed by atoms with Crippen molar-refractivity contribution in [1.29, 1.82) is 0 Å². The van der Waals surface area contributed by atoms with E-state index in [1.54, 1.807) is 0 Å². The average Bonchev–Trinajstić information content (AvgIpc) is 2.01. The van der Waals surface area contributed by atoms with E-state index in [1.807, 2.05) is 6.92 Å². The van der Waals surface area contributed by atoms with Crippen LogP contribution in [0.15, 0.2) is 4.36 Å². The Hall–Kier alpha value is -0.160. The zero-order valence-corrected chi connectivity index (χ0v) is 9.20. The molecule has 0 aromatic heterocycles. The molecule has 0 N–H and O–H groups in total. The standard InChI is InChI=1S/C7H14FNO2S.ClH/c1-2-3-4-5-7(8)6-9-12(10)11;/h7H,2-6H2,1H3;1H. The summed E-state index contributed by atoms with van der Waals surface area (Å²) in [6, 6.07) is 0. The quantitative estimate of drug-likeness (QED) is 0.659. The van der Waals surface area contributed by atoms with Crippen molar-refractivity contribution < 1.29 is 12.8 Å². The smallest absolute Gasteiger partial charge is 0.245 e. The molecule has 6 heteroatoms. The van der Waals surface area contributed by atoms with Gasteiger partial charge in [-0.25, -0.2) is 4.39 Å². The van der Waals surface area contributed by atoms with Crippen LogP contribution in [0.25, 0.3) is 0 Å². The Morgan fingerprint density at radius 2 is 2.00 bits per heavy atom. The van der Waals surface area contributed by atoms with Crippen LogP contribution in [0.4, 0.5) is 4.39 Å². The average molecular weight is 232 g/mol. The van der Waals surface area contributed by atoms with Gasteiger partial charge in [0, 0.05) is 0 Å². The molecule has 0 aliphatic heterocycles. The van der Waals surface area contributed by atoms with Gasteiger partial charge in [-0.15, -0.1) is 12.4 Å². The first kappa shape index (κ1) is 15.3. The zero-order chi connectivity index (χ0) is 9.40. The van der Waals surface area contributed by atoms with Crippen LogP contribution in [0.2, 0.25) is 0 Å². The van der Waals surface area contributed by atoms with Gasteiger partial charge >= 0.3 is 10.5 Å². The summed E-state index contributed by atoms with van der Waals surface area (Å²) in [6.07, 6.45) is 2.14. The van der Waals surface area contributed by atoms with Crippen LogP contribution < -0.4 is 0 Å². The molecule has 0 spiro atoms. The van der Waals surface area contributed by atoms with Gasteiger partial charge < -0.3 is 0 Å². The van der Waals surface area contributed by atoms with Crippen molar-refractivity contribution in [3.05, 3.63) is 0 Å². The Balaban J connectivity index is 0. The fourth-order valence-corrected chi connectivity index (χ4v) is 1.13. The maximum Gasteiger partial charge on any atom is 0.311 e. The topological polar surface area (TPSA) is 46.5 Å². The van der Waals surface area contributed by atoms with Gasteiger partial charge in [-0.2, -0.15) is 12.8 Å². The zero-order valence-electron chi connectivity index (χ0n) is 7.57. The molecule has 0 aliphatic rings. The van der Waals surface area contributed by atoms with Crippen molar-refractivity contribution in [2.45, 2.75) is 38.8 Å². The molecular formula is C7H15ClFNO2S. The Morgan fingerprint density at radius 1 is 1.38 bits per heavy atom. The van der Waals surface area contributed by atoms with Gasteiger partial charge in [-0.3, -0.25) is 0 Å². The van der Waals surface area contributed by atoms with E-state index in [0.717, 1.165) is 19.3 Å². The molecule has 3 nitrogen and oxygen atoms in total. The van der Waals surface area contributed by atoms with Gasteiger partial charge in [-0.1, -0.05) is 26.2 Å². The molecule has 0 aliphatic carbocycles. The Morgan fingerprint density at radius 3 is 2.46 bits per heavy atom. The third kappa shape index (κ3) is 11.8. The highest BCUT2D eigenvalue weighted by Crippen LogP contribution is 2.06. The lowest BCUT2D eigenvalue weighted by Gasteiger charge is -2.01. The molecule has 0 aromatic carbocycles. The van der Waals surface area contributed by atoms with Crippen LogP contribution in [0, 0.1) is 0 Å². The number of hydrogen-bond donors (Lipinski definition) is 0. The van der Waals surface area contributed by atoms with Crippen molar-refractivity contribution in [3.8, 4) is 0 Å². The monoisotopic (exact) mass is 231 g/mol. The lowest BCUT2D eigenvalue weighted by Crippen LogP contribution is -2.03. The van der Waals surface area contributed by atoms with E-state index in [-0.39, 0.29) is 19.0 Å². The van der Waals surface area contributed by atoms with Gasteiger partial charge in [-0.05, 0) is 6.42 Å². The maximum atomic E-state index is 12.7. The molecule has 0 heterocycles. The van der Waals surface area contributed by atoms with E-state index in [4.69, 9.17) is 0 Å². The first-order valence-electron chi connectivity index (χ1n) is 4.07. The largest absolute Gasteiger partial charge is 0.311 e. The highest BCUT2D eigenvalue weighted by atomic mass is 35.5. The summed E-state index contributed by atoms with van der Waals surface area (Å²) in [5.41, 5.74) is 0. The number of hydrogen-bond acceptors (Lipinski definition) is 3. The minimum absolute atomic E-state index is 0. The first-order valence-corrected chi connectivity index (χ1v) is 5.11. The predicted molar refractivity (Wildman–Crippen MR) is 52.5 cm³/mol. The summed E-state index contributed by atoms with van der Waals surface area (Å²) < 4.78 is 35.6. The molecule has 13 heavy (non-hydrogen) atoms. The molecule has 0 saturated heterocycles. The van der Waals surface area contributed by atoms with Gasteiger partial charge in [0.15, 0.2) is 0 Å². The summed E-state index contributed by atoms with van der Waals surface area (Å²) >= 11 is 0. The van der Waals surface area contributed by atoms with Gasteiger partial charge in [0.25, 0.3) is 0 Å². The lowest BCUT2D eigenvalue weighted by molar-refractivity contribution is 0.314. The minimum Gasteiger partial charge on any atom is -0.245 e. The predicted octanol–water partition coefficient (Wildman–Crippen LogP) is 2.39. The van der Waals surface area contributed by atoms with E-state index < -0.39 is 16.7 Å². The van der Waals surface area contributed by atoms with Crippen molar-refractivity contribution in [1.82, 2.24) is 0 Å². The molecule has 0 saturated carbocycles. The third-order valence-electron chi connectivity index (χ3n) is 1.50. The lowest BCUT2D eigenvalue weighted by atomic mass is 10.1. The van der Waals surface area contributed by atoms with Gasteiger partial charge in [0.1, 0.15) is 6.17 Å². The second kappa shape index (κ2) is 9.92. The Kier molecular flexibility index (Phi) is 11.7. The molecule has 0 rings (SSSR count). The second-order valence-corrected chi connectivity index (χ2v) is 3.31. The molecule has 1 atom stereocenters. The molecule has 80 valence electrons. The highest BCUT2D eigenvalue weighted by Gasteiger charge is 2.04. The number of unbranched alkanes of at least 4 members (excludes halogenated alkanes) is 2. The molecule has 0 bridgehead atoms. The number of nitrogens with zero attached hydrogens (tertiary/aromatic N) is 1. The highest BCUT2D eigenvalue weighted by molar-refractivity contribution is 7.61. The Labute approximate surface area is 85.8 Å². The molecular weight excluding hydrogens is 217 g/mol. The van der Waals surface area contributed by atoms with Gasteiger partial charge in [0.05, 0.1) is 6.54 Å². The molecule has 0 amide bonds. The molecule has 0 radical (unpaired) electrons. The summed E-state index contributed by atoms with van der Waals surface area (Å²) in [5.74, 6) is 0. The fraction of sp³-hybridized carbons (Fsp3) is 1.00. The van der Waals surface area contributed by atoms with Crippen LogP contribution in [0.1, 0.15) is 32.6 Å². The SMILES string of the molecule is CCCCCC(F)CN=S(=O)=O.Cl. The first-order chi connectivity index (χ1) is 5.66. The molecule has 0 aromatic rings. The van der Waals surface area contributed by atoms with Gasteiger partial charge in [0.2, 0.25) is 0 Å². The van der Waals surface area contributed by atoms with E-state index in [9.17, 15) is 12.8 Å². The van der Waals surface area contributed by atoms with Crippen molar-refractivity contribution in [3.63, 3.8) is 0 Å². The summed E-state index contributed by atoms with van der Waals surface area (Å²) in [4.78, 5) is 0. The molecule has 0 fully saturated rings. The number of halogens is 2. The van der Waals surface area contributed by atoms with E-state index >= 15 is 0 Å².